The van der Waals surface area contributed by atoms with E-state index in [1.807, 2.05) is 33.8 Å². The summed E-state index contributed by atoms with van der Waals surface area (Å²) in [5, 5.41) is 10.7. The van der Waals surface area contributed by atoms with Crippen LogP contribution in [0.15, 0.2) is 43.0 Å². The Morgan fingerprint density at radius 1 is 0.734 bits per heavy atom. The highest BCUT2D eigenvalue weighted by Gasteiger charge is 2.15. The van der Waals surface area contributed by atoms with E-state index in [9.17, 15) is 13.2 Å². The Hall–Kier alpha value is -1.70. The van der Waals surface area contributed by atoms with Crippen molar-refractivity contribution in [1.82, 2.24) is 5.32 Å². The number of hydrogen-bond donors (Lipinski definition) is 2. The Labute approximate surface area is 404 Å². The topological polar surface area (TPSA) is 92.7 Å². The second kappa shape index (κ2) is 52.3. The molecule has 0 heterocycles. The van der Waals surface area contributed by atoms with Crippen LogP contribution in [0.25, 0.3) is 0 Å². The fourth-order valence-corrected chi connectivity index (χ4v) is 7.58. The summed E-state index contributed by atoms with van der Waals surface area (Å²) in [5.41, 5.74) is 1.41. The van der Waals surface area contributed by atoms with Crippen molar-refractivity contribution in [1.29, 1.82) is 0 Å². The van der Waals surface area contributed by atoms with Crippen molar-refractivity contribution >= 4 is 15.8 Å². The van der Waals surface area contributed by atoms with Gasteiger partial charge in [0.1, 0.15) is 0 Å². The van der Waals surface area contributed by atoms with Crippen LogP contribution < -0.4 is 5.32 Å². The normalized spacial score (nSPS) is 12.7. The molecule has 0 aromatic heterocycles. The minimum atomic E-state index is -2.84. The molecule has 1 unspecified atom stereocenters. The van der Waals surface area contributed by atoms with Crippen molar-refractivity contribution in [3.8, 4) is 0 Å². The molecule has 1 aromatic carbocycles. The van der Waals surface area contributed by atoms with Crippen LogP contribution in [0.2, 0.25) is 0 Å². The van der Waals surface area contributed by atoms with Gasteiger partial charge in [0.2, 0.25) is 0 Å². The van der Waals surface area contributed by atoms with Crippen molar-refractivity contribution in [2.75, 3.05) is 18.7 Å². The van der Waals surface area contributed by atoms with Crippen molar-refractivity contribution in [2.45, 2.75) is 253 Å². The highest BCUT2D eigenvalue weighted by atomic mass is 32.2. The summed E-state index contributed by atoms with van der Waals surface area (Å²) in [6, 6.07) is 10.5. The first kappa shape index (κ1) is 73.9. The van der Waals surface area contributed by atoms with Crippen LogP contribution in [0, 0.1) is 41.4 Å². The first-order valence-electron chi connectivity index (χ1n) is 26.0. The number of rotatable bonds is 19. The van der Waals surface area contributed by atoms with E-state index < -0.39 is 9.84 Å². The van der Waals surface area contributed by atoms with E-state index in [4.69, 9.17) is 9.84 Å². The van der Waals surface area contributed by atoms with Crippen molar-refractivity contribution < 1.29 is 23.1 Å². The third-order valence-corrected chi connectivity index (χ3v) is 11.0. The zero-order chi connectivity index (χ0) is 51.1. The van der Waals surface area contributed by atoms with E-state index in [1.54, 1.807) is 20.9 Å². The number of benzene rings is 1. The lowest BCUT2D eigenvalue weighted by atomic mass is 9.82. The third kappa shape index (κ3) is 77.5. The average Bonchev–Trinajstić information content (AvgIpc) is 3.17. The maximum absolute atomic E-state index is 11.1. The van der Waals surface area contributed by atoms with Crippen LogP contribution in [0.1, 0.15) is 246 Å². The van der Waals surface area contributed by atoms with Crippen LogP contribution in [-0.4, -0.2) is 50.4 Å². The molecule has 2 rings (SSSR count). The fourth-order valence-electron chi connectivity index (χ4n) is 6.17. The van der Waals surface area contributed by atoms with E-state index >= 15 is 0 Å². The predicted octanol–water partition coefficient (Wildman–Crippen LogP) is 17.3. The Morgan fingerprint density at radius 3 is 1.53 bits per heavy atom. The highest BCUT2D eigenvalue weighted by molar-refractivity contribution is 7.91. The molecule has 7 heteroatoms. The standard InChI is InChI=1S/C9H18.C9H12.2C9H20.C7H17NO2S.C7H12O2.C4H10.C3H8O/c2*1-8(2)9-6-4-3-5-7-9;1-5-6-9(4)7-8(2)3;1-4-5-6-7-8-9(2)3;1-7(2)4-5-11(9,10)6-8-3;1-4-5-7(8)9-6(2)3;1-4(2)3;1-3(2)4/h8-9H,3-7H2,1-2H3;3-8H,1-2H3;8-9H,5-7H2,1-4H3;9H,4-8H2,1-3H3;7-8H,4-6H2,1-3H3;4,6H,1,5H2,2-3H3;4H,1-3H3;3-4H,1-2H3. The van der Waals surface area contributed by atoms with Gasteiger partial charge < -0.3 is 15.2 Å². The van der Waals surface area contributed by atoms with E-state index in [0.717, 1.165) is 41.9 Å². The number of sulfone groups is 1. The number of ether oxygens (including phenoxy) is 1. The summed E-state index contributed by atoms with van der Waals surface area (Å²) in [7, 11) is -1.19. The number of carbonyl (C=O) groups is 1. The van der Waals surface area contributed by atoms with Crippen LogP contribution in [0.5, 0.6) is 0 Å². The number of hydrogen-bond acceptors (Lipinski definition) is 6. The number of aliphatic hydroxyl groups excluding tert-OH is 1. The average molecular weight is 929 g/mol. The predicted molar refractivity (Wildman–Crippen MR) is 290 cm³/mol. The molecule has 0 amide bonds. The first-order valence-corrected chi connectivity index (χ1v) is 27.9. The van der Waals surface area contributed by atoms with Crippen LogP contribution in [-0.2, 0) is 19.4 Å². The molecule has 0 aliphatic heterocycles. The van der Waals surface area contributed by atoms with Gasteiger partial charge in [0, 0.05) is 6.10 Å². The lowest BCUT2D eigenvalue weighted by molar-refractivity contribution is -0.146. The molecule has 1 aliphatic carbocycles. The summed E-state index contributed by atoms with van der Waals surface area (Å²) in [6.45, 7) is 46.2. The fraction of sp³-hybridized carbons (Fsp3) is 0.842. The minimum absolute atomic E-state index is 0.0163. The smallest absolute Gasteiger partial charge is 0.309 e. The second-order valence-corrected chi connectivity index (χ2v) is 23.1. The van der Waals surface area contributed by atoms with Gasteiger partial charge in [0.15, 0.2) is 9.84 Å². The third-order valence-electron chi connectivity index (χ3n) is 9.40. The molecule has 0 spiro atoms. The lowest BCUT2D eigenvalue weighted by Crippen LogP contribution is -2.22. The lowest BCUT2D eigenvalue weighted by Gasteiger charge is -2.24. The summed E-state index contributed by atoms with van der Waals surface area (Å²) in [6.07, 6.45) is 21.1. The maximum atomic E-state index is 11.1. The molecule has 0 bridgehead atoms. The Kier molecular flexibility index (Phi) is 60.3. The molecule has 1 aromatic rings. The number of aliphatic hydroxyl groups is 1. The Bertz CT molecular complexity index is 1140. The molecule has 0 saturated heterocycles. The largest absolute Gasteiger partial charge is 0.463 e. The van der Waals surface area contributed by atoms with Gasteiger partial charge in [-0.2, -0.15) is 0 Å². The SMILES string of the molecule is C=CCC(=O)OC(C)C.CC(C)C.CC(C)C1CCCCC1.CC(C)O.CC(C)c1ccccc1.CCCC(C)CC(C)C.CCCCCCC(C)C.CNCS(=O)(=O)CCC(C)C. The van der Waals surface area contributed by atoms with E-state index in [0.29, 0.717) is 24.0 Å². The zero-order valence-electron chi connectivity index (χ0n) is 47.0. The molecule has 1 fully saturated rings. The van der Waals surface area contributed by atoms with Gasteiger partial charge in [0.25, 0.3) is 0 Å². The van der Waals surface area contributed by atoms with Gasteiger partial charge in [-0.3, -0.25) is 4.79 Å². The van der Waals surface area contributed by atoms with E-state index in [2.05, 4.69) is 133 Å². The summed E-state index contributed by atoms with van der Waals surface area (Å²) < 4.78 is 26.9. The van der Waals surface area contributed by atoms with E-state index in [1.165, 1.54) is 95.1 Å². The number of esters is 1. The van der Waals surface area contributed by atoms with Gasteiger partial charge in [-0.1, -0.05) is 224 Å². The molecular formula is C57H117NO5S. The number of carbonyl (C=O) groups excluding carboxylic acids is 1. The van der Waals surface area contributed by atoms with Crippen LogP contribution in [0.3, 0.4) is 0 Å². The van der Waals surface area contributed by atoms with Gasteiger partial charge in [0.05, 0.1) is 24.2 Å². The summed E-state index contributed by atoms with van der Waals surface area (Å²) in [5.74, 6) is 6.85. The van der Waals surface area contributed by atoms with Crippen LogP contribution in [0.4, 0.5) is 0 Å². The monoisotopic (exact) mass is 928 g/mol. The van der Waals surface area contributed by atoms with Gasteiger partial charge in [-0.05, 0) is 100 Å². The molecule has 0 radical (unpaired) electrons. The molecular weight excluding hydrogens is 811 g/mol. The summed E-state index contributed by atoms with van der Waals surface area (Å²) in [4.78, 5) is 10.6. The quantitative estimate of drug-likeness (QED) is 0.0816. The van der Waals surface area contributed by atoms with Gasteiger partial charge in [-0.15, -0.1) is 6.58 Å². The van der Waals surface area contributed by atoms with Gasteiger partial charge in [-0.25, -0.2) is 8.42 Å². The zero-order valence-corrected chi connectivity index (χ0v) is 47.8. The molecule has 1 aliphatic rings. The molecule has 386 valence electrons. The molecule has 2 N–H and O–H groups in total. The molecule has 64 heavy (non-hydrogen) atoms. The molecule has 6 nitrogen and oxygen atoms in total. The van der Waals surface area contributed by atoms with Crippen molar-refractivity contribution in [3.63, 3.8) is 0 Å². The van der Waals surface area contributed by atoms with Gasteiger partial charge >= 0.3 is 5.97 Å². The van der Waals surface area contributed by atoms with E-state index in [-0.39, 0.29) is 24.1 Å². The highest BCUT2D eigenvalue weighted by Crippen LogP contribution is 2.29. The second-order valence-electron chi connectivity index (χ2n) is 21.0. The Balaban J connectivity index is -0.000000153. The van der Waals surface area contributed by atoms with Crippen LogP contribution >= 0.6 is 0 Å². The molecule has 1 saturated carbocycles. The molecule has 1 atom stereocenters. The summed E-state index contributed by atoms with van der Waals surface area (Å²) >= 11 is 0. The van der Waals surface area contributed by atoms with Crippen molar-refractivity contribution in [2.24, 2.45) is 41.4 Å². The number of unbranched alkanes of at least 4 members (excludes halogenated alkanes) is 3. The first-order chi connectivity index (χ1) is 29.6. The van der Waals surface area contributed by atoms with Crippen molar-refractivity contribution in [3.05, 3.63) is 48.6 Å². The minimum Gasteiger partial charge on any atom is -0.463 e. The maximum Gasteiger partial charge on any atom is 0.309 e. The number of nitrogens with one attached hydrogen (secondary N) is 1. The Morgan fingerprint density at radius 2 is 1.22 bits per heavy atom.